The van der Waals surface area contributed by atoms with Gasteiger partial charge < -0.3 is 4.74 Å². The van der Waals surface area contributed by atoms with Crippen LogP contribution >= 0.6 is 11.6 Å². The van der Waals surface area contributed by atoms with Gasteiger partial charge in [-0.3, -0.25) is 9.80 Å². The first-order valence-electron chi connectivity index (χ1n) is 5.29. The van der Waals surface area contributed by atoms with Crippen LogP contribution in [0.15, 0.2) is 0 Å². The number of alkyl halides is 1. The summed E-state index contributed by atoms with van der Waals surface area (Å²) in [6.07, 6.45) is 0. The lowest BCUT2D eigenvalue weighted by Gasteiger charge is -2.37. The van der Waals surface area contributed by atoms with Gasteiger partial charge in [0.2, 0.25) is 0 Å². The Balaban J connectivity index is 2.21. The maximum Gasteiger partial charge on any atom is 0.0615 e. The van der Waals surface area contributed by atoms with Crippen LogP contribution in [0.1, 0.15) is 6.92 Å². The molecule has 0 bridgehead atoms. The number of ether oxygens (including phenoxy) is 1. The third kappa shape index (κ3) is 3.73. The molecule has 1 heterocycles. The second-order valence-corrected chi connectivity index (χ2v) is 4.25. The summed E-state index contributed by atoms with van der Waals surface area (Å²) in [5, 5.41) is 0. The van der Waals surface area contributed by atoms with Gasteiger partial charge in [0.25, 0.3) is 0 Å². The van der Waals surface area contributed by atoms with E-state index in [4.69, 9.17) is 16.3 Å². The molecule has 14 heavy (non-hydrogen) atoms. The zero-order valence-corrected chi connectivity index (χ0v) is 9.96. The Morgan fingerprint density at radius 2 is 1.93 bits per heavy atom. The van der Waals surface area contributed by atoms with Crippen LogP contribution in [0.2, 0.25) is 0 Å². The van der Waals surface area contributed by atoms with E-state index in [-0.39, 0.29) is 0 Å². The molecule has 1 rings (SSSR count). The lowest BCUT2D eigenvalue weighted by atomic mass is 10.2. The van der Waals surface area contributed by atoms with E-state index in [1.54, 1.807) is 7.11 Å². The Bertz CT molecular complexity index is 149. The lowest BCUT2D eigenvalue weighted by molar-refractivity contribution is 0.0593. The predicted octanol–water partition coefficient (Wildman–Crippen LogP) is 0.878. The number of hydrogen-bond donors (Lipinski definition) is 0. The molecule has 1 atom stereocenters. The smallest absolute Gasteiger partial charge is 0.0615 e. The Morgan fingerprint density at radius 1 is 1.29 bits per heavy atom. The summed E-state index contributed by atoms with van der Waals surface area (Å²) in [5.74, 6) is 0.744. The molecule has 0 spiro atoms. The van der Waals surface area contributed by atoms with Crippen LogP contribution in [0.5, 0.6) is 0 Å². The van der Waals surface area contributed by atoms with Gasteiger partial charge in [-0.25, -0.2) is 0 Å². The molecule has 0 aliphatic carbocycles. The molecule has 0 N–H and O–H groups in total. The molecule has 1 fully saturated rings. The van der Waals surface area contributed by atoms with Crippen molar-refractivity contribution < 1.29 is 4.74 Å². The fourth-order valence-corrected chi connectivity index (χ4v) is 2.13. The van der Waals surface area contributed by atoms with Crippen molar-refractivity contribution in [3.8, 4) is 0 Å². The second-order valence-electron chi connectivity index (χ2n) is 3.87. The molecular formula is C10H21ClN2O. The Morgan fingerprint density at radius 3 is 2.43 bits per heavy atom. The highest BCUT2D eigenvalue weighted by molar-refractivity contribution is 6.18. The lowest BCUT2D eigenvalue weighted by Crippen LogP contribution is -2.50. The Hall–Kier alpha value is 0.170. The van der Waals surface area contributed by atoms with Gasteiger partial charge in [-0.15, -0.1) is 11.6 Å². The number of hydrogen-bond acceptors (Lipinski definition) is 3. The molecule has 1 aliphatic rings. The average molecular weight is 221 g/mol. The molecule has 0 saturated carbocycles. The fraction of sp³-hybridized carbons (Fsp3) is 1.00. The number of methoxy groups -OCH3 is 1. The summed E-state index contributed by atoms with van der Waals surface area (Å²) in [6, 6.07) is 0.540. The van der Waals surface area contributed by atoms with Crippen molar-refractivity contribution in [2.75, 3.05) is 52.3 Å². The summed E-state index contributed by atoms with van der Waals surface area (Å²) in [5.41, 5.74) is 0. The fourth-order valence-electron chi connectivity index (χ4n) is 1.89. The van der Waals surface area contributed by atoms with Crippen LogP contribution in [0.3, 0.4) is 0 Å². The van der Waals surface area contributed by atoms with Gasteiger partial charge in [-0.2, -0.15) is 0 Å². The monoisotopic (exact) mass is 220 g/mol. The van der Waals surface area contributed by atoms with Gasteiger partial charge in [0.05, 0.1) is 6.61 Å². The molecule has 1 unspecified atom stereocenters. The maximum absolute atomic E-state index is 5.71. The van der Waals surface area contributed by atoms with Crippen LogP contribution < -0.4 is 0 Å². The topological polar surface area (TPSA) is 15.7 Å². The van der Waals surface area contributed by atoms with Crippen LogP contribution in [0.25, 0.3) is 0 Å². The summed E-state index contributed by atoms with van der Waals surface area (Å²) in [6.45, 7) is 8.63. The normalized spacial score (nSPS) is 22.5. The Labute approximate surface area is 92.0 Å². The molecule has 0 radical (unpaired) electrons. The second kappa shape index (κ2) is 6.62. The van der Waals surface area contributed by atoms with E-state index in [0.29, 0.717) is 6.04 Å². The zero-order valence-electron chi connectivity index (χ0n) is 9.21. The average Bonchev–Trinajstić information content (AvgIpc) is 2.20. The highest BCUT2D eigenvalue weighted by atomic mass is 35.5. The molecule has 84 valence electrons. The first-order chi connectivity index (χ1) is 6.77. The highest BCUT2D eigenvalue weighted by Gasteiger charge is 2.20. The van der Waals surface area contributed by atoms with Crippen LogP contribution in [0, 0.1) is 0 Å². The first kappa shape index (κ1) is 12.2. The van der Waals surface area contributed by atoms with E-state index in [9.17, 15) is 0 Å². The van der Waals surface area contributed by atoms with Gasteiger partial charge >= 0.3 is 0 Å². The predicted molar refractivity (Wildman–Crippen MR) is 60.1 cm³/mol. The molecule has 0 amide bonds. The minimum absolute atomic E-state index is 0.540. The van der Waals surface area contributed by atoms with Crippen molar-refractivity contribution in [2.24, 2.45) is 0 Å². The van der Waals surface area contributed by atoms with Crippen molar-refractivity contribution >= 4 is 11.6 Å². The molecule has 0 aromatic heterocycles. The van der Waals surface area contributed by atoms with Gasteiger partial charge in [0.1, 0.15) is 0 Å². The van der Waals surface area contributed by atoms with E-state index < -0.39 is 0 Å². The Kier molecular flexibility index (Phi) is 5.78. The zero-order chi connectivity index (χ0) is 10.4. The number of nitrogens with zero attached hydrogens (tertiary/aromatic N) is 2. The van der Waals surface area contributed by atoms with Crippen LogP contribution in [-0.2, 0) is 4.74 Å². The van der Waals surface area contributed by atoms with Crippen molar-refractivity contribution in [3.05, 3.63) is 0 Å². The third-order valence-electron chi connectivity index (χ3n) is 2.84. The van der Waals surface area contributed by atoms with Crippen LogP contribution in [-0.4, -0.2) is 68.2 Å². The summed E-state index contributed by atoms with van der Waals surface area (Å²) >= 11 is 5.71. The number of piperazine rings is 1. The van der Waals surface area contributed by atoms with E-state index in [2.05, 4.69) is 16.7 Å². The van der Waals surface area contributed by atoms with E-state index in [0.717, 1.165) is 45.2 Å². The number of rotatable bonds is 5. The van der Waals surface area contributed by atoms with E-state index >= 15 is 0 Å². The van der Waals surface area contributed by atoms with E-state index in [1.807, 2.05) is 0 Å². The maximum atomic E-state index is 5.71. The minimum atomic E-state index is 0.540. The summed E-state index contributed by atoms with van der Waals surface area (Å²) < 4.78 is 5.15. The molecule has 1 saturated heterocycles. The molecule has 0 aromatic carbocycles. The SMILES string of the molecule is COCC(C)N1CCN(CCCl)CC1. The van der Waals surface area contributed by atoms with Crippen LogP contribution in [0.4, 0.5) is 0 Å². The molecular weight excluding hydrogens is 200 g/mol. The van der Waals surface area contributed by atoms with Crippen molar-refractivity contribution in [2.45, 2.75) is 13.0 Å². The molecule has 1 aliphatic heterocycles. The first-order valence-corrected chi connectivity index (χ1v) is 5.82. The summed E-state index contributed by atoms with van der Waals surface area (Å²) in [7, 11) is 1.76. The molecule has 3 nitrogen and oxygen atoms in total. The van der Waals surface area contributed by atoms with Crippen molar-refractivity contribution in [1.29, 1.82) is 0 Å². The van der Waals surface area contributed by atoms with Gasteiger partial charge in [0, 0.05) is 51.8 Å². The highest BCUT2D eigenvalue weighted by Crippen LogP contribution is 2.06. The molecule has 4 heteroatoms. The van der Waals surface area contributed by atoms with Gasteiger partial charge in [-0.05, 0) is 6.92 Å². The van der Waals surface area contributed by atoms with Gasteiger partial charge in [-0.1, -0.05) is 0 Å². The molecule has 0 aromatic rings. The number of halogens is 1. The largest absolute Gasteiger partial charge is 0.383 e. The van der Waals surface area contributed by atoms with Gasteiger partial charge in [0.15, 0.2) is 0 Å². The quantitative estimate of drug-likeness (QED) is 0.640. The van der Waals surface area contributed by atoms with Crippen molar-refractivity contribution in [1.82, 2.24) is 9.80 Å². The van der Waals surface area contributed by atoms with E-state index in [1.165, 1.54) is 0 Å². The standard InChI is InChI=1S/C10H21ClN2O/c1-10(9-14-2)13-7-5-12(4-3-11)6-8-13/h10H,3-9H2,1-2H3. The summed E-state index contributed by atoms with van der Waals surface area (Å²) in [4.78, 5) is 4.90. The minimum Gasteiger partial charge on any atom is -0.383 e. The third-order valence-corrected chi connectivity index (χ3v) is 3.01. The van der Waals surface area contributed by atoms with Crippen molar-refractivity contribution in [3.63, 3.8) is 0 Å².